The molecule has 0 unspecified atom stereocenters. The van der Waals surface area contributed by atoms with Crippen LogP contribution in [0.5, 0.6) is 0 Å². The molecule has 0 atom stereocenters. The highest BCUT2D eigenvalue weighted by Gasteiger charge is 2.20. The number of hydrogen-bond acceptors (Lipinski definition) is 3. The van der Waals surface area contributed by atoms with Crippen molar-refractivity contribution in [3.8, 4) is 0 Å². The summed E-state index contributed by atoms with van der Waals surface area (Å²) in [5.74, 6) is -0.290. The van der Waals surface area contributed by atoms with Gasteiger partial charge >= 0.3 is 0 Å². The number of benzene rings is 3. The first kappa shape index (κ1) is 23.2. The minimum absolute atomic E-state index is 0.252. The molecule has 0 aromatic heterocycles. The minimum Gasteiger partial charge on any atom is -0.360 e. The molecule has 33 heavy (non-hydrogen) atoms. The molecule has 3 N–H and O–H groups in total. The first-order valence-corrected chi connectivity index (χ1v) is 11.9. The van der Waals surface area contributed by atoms with E-state index in [1.165, 1.54) is 11.3 Å². The minimum atomic E-state index is -0.290. The maximum Gasteiger partial charge on any atom is 0.257 e. The molecule has 5 nitrogen and oxygen atoms in total. The standard InChI is InChI=1S/C26H27ClN4OS/c1-19-7-8-21(17-24(19)27)25(32)29-26(33)28-22-9-11-23(12-10-22)31-15-13-30(14-16-31)18-20-5-3-2-4-6-20/h2-12,17H,13-16,18H2,1H3,(H2,28,29,32,33)/p+1. The molecule has 1 aliphatic heterocycles. The number of quaternary nitrogens is 1. The summed E-state index contributed by atoms with van der Waals surface area (Å²) >= 11 is 11.4. The van der Waals surface area contributed by atoms with E-state index < -0.39 is 0 Å². The Balaban J connectivity index is 1.26. The van der Waals surface area contributed by atoms with Gasteiger partial charge in [-0.2, -0.15) is 0 Å². The number of carbonyl (C=O) groups is 1. The Labute approximate surface area is 205 Å². The summed E-state index contributed by atoms with van der Waals surface area (Å²) in [4.78, 5) is 16.4. The predicted octanol–water partition coefficient (Wildman–Crippen LogP) is 3.68. The summed E-state index contributed by atoms with van der Waals surface area (Å²) in [5, 5.41) is 6.59. The zero-order valence-electron chi connectivity index (χ0n) is 18.6. The van der Waals surface area contributed by atoms with Gasteiger partial charge in [-0.15, -0.1) is 0 Å². The van der Waals surface area contributed by atoms with Crippen LogP contribution in [0, 0.1) is 6.92 Å². The Morgan fingerprint density at radius 3 is 2.39 bits per heavy atom. The summed E-state index contributed by atoms with van der Waals surface area (Å²) in [5.41, 5.74) is 4.82. The summed E-state index contributed by atoms with van der Waals surface area (Å²) in [6.45, 7) is 7.27. The number of amides is 1. The second kappa shape index (κ2) is 10.8. The molecule has 7 heteroatoms. The van der Waals surface area contributed by atoms with Gasteiger partial charge in [0.2, 0.25) is 0 Å². The van der Waals surface area contributed by atoms with E-state index in [-0.39, 0.29) is 11.0 Å². The summed E-state index contributed by atoms with van der Waals surface area (Å²) < 4.78 is 0. The van der Waals surface area contributed by atoms with Crippen molar-refractivity contribution in [2.45, 2.75) is 13.5 Å². The molecule has 1 saturated heterocycles. The van der Waals surface area contributed by atoms with Crippen molar-refractivity contribution in [2.24, 2.45) is 0 Å². The molecule has 1 heterocycles. The molecular formula is C26H28ClN4OS+. The average molecular weight is 480 g/mol. The van der Waals surface area contributed by atoms with Crippen molar-refractivity contribution >= 4 is 46.2 Å². The first-order chi connectivity index (χ1) is 16.0. The van der Waals surface area contributed by atoms with Crippen molar-refractivity contribution in [3.63, 3.8) is 0 Å². The van der Waals surface area contributed by atoms with Crippen LogP contribution in [0.25, 0.3) is 0 Å². The monoisotopic (exact) mass is 479 g/mol. The molecular weight excluding hydrogens is 452 g/mol. The van der Waals surface area contributed by atoms with Gasteiger partial charge in [0.15, 0.2) is 5.11 Å². The van der Waals surface area contributed by atoms with Crippen LogP contribution in [-0.4, -0.2) is 37.2 Å². The third kappa shape index (κ3) is 6.32. The number of hydrogen-bond donors (Lipinski definition) is 3. The van der Waals surface area contributed by atoms with Crippen molar-refractivity contribution in [3.05, 3.63) is 94.5 Å². The fourth-order valence-corrected chi connectivity index (χ4v) is 4.36. The van der Waals surface area contributed by atoms with Gasteiger partial charge in [-0.3, -0.25) is 10.1 Å². The summed E-state index contributed by atoms with van der Waals surface area (Å²) in [7, 11) is 0. The average Bonchev–Trinajstić information content (AvgIpc) is 2.82. The number of aryl methyl sites for hydroxylation is 1. The zero-order valence-corrected chi connectivity index (χ0v) is 20.2. The fourth-order valence-electron chi connectivity index (χ4n) is 3.97. The number of nitrogens with zero attached hydrogens (tertiary/aromatic N) is 1. The number of carbonyl (C=O) groups excluding carboxylic acids is 1. The molecule has 170 valence electrons. The molecule has 3 aromatic rings. The summed E-state index contributed by atoms with van der Waals surface area (Å²) in [6, 6.07) is 24.0. The number of thiocarbonyl (C=S) groups is 1. The predicted molar refractivity (Wildman–Crippen MR) is 139 cm³/mol. The molecule has 0 aliphatic carbocycles. The van der Waals surface area contributed by atoms with Crippen LogP contribution in [-0.2, 0) is 6.54 Å². The van der Waals surface area contributed by atoms with Gasteiger partial charge < -0.3 is 15.1 Å². The largest absolute Gasteiger partial charge is 0.360 e. The van der Waals surface area contributed by atoms with Crippen LogP contribution < -0.4 is 20.4 Å². The highest BCUT2D eigenvalue weighted by molar-refractivity contribution is 7.80. The second-order valence-corrected chi connectivity index (χ2v) is 9.13. The van der Waals surface area contributed by atoms with E-state index in [9.17, 15) is 4.79 Å². The van der Waals surface area contributed by atoms with Crippen LogP contribution >= 0.6 is 23.8 Å². The molecule has 1 amide bonds. The molecule has 0 spiro atoms. The SMILES string of the molecule is Cc1ccc(C(=O)NC(=S)Nc2ccc(N3CC[NH+](Cc4ccccc4)CC3)cc2)cc1Cl. The van der Waals surface area contributed by atoms with Crippen LogP contribution in [0.1, 0.15) is 21.5 Å². The van der Waals surface area contributed by atoms with E-state index in [4.69, 9.17) is 23.8 Å². The smallest absolute Gasteiger partial charge is 0.257 e. The Kier molecular flexibility index (Phi) is 7.60. The van der Waals surface area contributed by atoms with Gasteiger partial charge in [-0.1, -0.05) is 48.0 Å². The van der Waals surface area contributed by atoms with Gasteiger partial charge in [0.1, 0.15) is 6.54 Å². The van der Waals surface area contributed by atoms with Crippen LogP contribution in [0.3, 0.4) is 0 Å². The Bertz CT molecular complexity index is 1110. The quantitative estimate of drug-likeness (QED) is 0.489. The van der Waals surface area contributed by atoms with Gasteiger partial charge in [-0.25, -0.2) is 0 Å². The third-order valence-corrected chi connectivity index (χ3v) is 6.53. The Hall–Kier alpha value is -2.93. The maximum absolute atomic E-state index is 12.4. The van der Waals surface area contributed by atoms with Crippen molar-refractivity contribution in [2.75, 3.05) is 36.4 Å². The van der Waals surface area contributed by atoms with Crippen molar-refractivity contribution in [1.29, 1.82) is 0 Å². The van der Waals surface area contributed by atoms with Crippen molar-refractivity contribution in [1.82, 2.24) is 5.32 Å². The number of halogens is 1. The maximum atomic E-state index is 12.4. The number of piperazine rings is 1. The van der Waals surface area contributed by atoms with E-state index in [0.29, 0.717) is 10.6 Å². The third-order valence-electron chi connectivity index (χ3n) is 5.92. The van der Waals surface area contributed by atoms with E-state index in [2.05, 4.69) is 58.0 Å². The van der Waals surface area contributed by atoms with E-state index in [1.54, 1.807) is 17.0 Å². The van der Waals surface area contributed by atoms with Gasteiger partial charge in [-0.05, 0) is 61.1 Å². The zero-order chi connectivity index (χ0) is 23.2. The normalized spacial score (nSPS) is 14.1. The van der Waals surface area contributed by atoms with Crippen LogP contribution in [0.15, 0.2) is 72.8 Å². The molecule has 0 bridgehead atoms. The van der Waals surface area contributed by atoms with E-state index in [0.717, 1.165) is 44.0 Å². The lowest BCUT2D eigenvalue weighted by Crippen LogP contribution is -3.13. The van der Waals surface area contributed by atoms with E-state index in [1.807, 2.05) is 25.1 Å². The van der Waals surface area contributed by atoms with Crippen LogP contribution in [0.4, 0.5) is 11.4 Å². The molecule has 0 saturated carbocycles. The molecule has 4 rings (SSSR count). The first-order valence-electron chi connectivity index (χ1n) is 11.1. The number of rotatable bonds is 5. The van der Waals surface area contributed by atoms with E-state index >= 15 is 0 Å². The Morgan fingerprint density at radius 2 is 1.73 bits per heavy atom. The fraction of sp³-hybridized carbons (Fsp3) is 0.231. The second-order valence-electron chi connectivity index (χ2n) is 8.32. The lowest BCUT2D eigenvalue weighted by atomic mass is 10.1. The Morgan fingerprint density at radius 1 is 1.03 bits per heavy atom. The molecule has 0 radical (unpaired) electrons. The topological polar surface area (TPSA) is 48.8 Å². The van der Waals surface area contributed by atoms with Gasteiger partial charge in [0.05, 0.1) is 26.2 Å². The highest BCUT2D eigenvalue weighted by atomic mass is 35.5. The number of nitrogens with one attached hydrogen (secondary N) is 3. The van der Waals surface area contributed by atoms with Gasteiger partial charge in [0.25, 0.3) is 5.91 Å². The van der Waals surface area contributed by atoms with Crippen molar-refractivity contribution < 1.29 is 9.69 Å². The van der Waals surface area contributed by atoms with Gasteiger partial charge in [0, 0.05) is 27.5 Å². The molecule has 1 aliphatic rings. The lowest BCUT2D eigenvalue weighted by molar-refractivity contribution is -0.914. The molecule has 3 aromatic carbocycles. The molecule has 1 fully saturated rings. The highest BCUT2D eigenvalue weighted by Crippen LogP contribution is 2.19. The van der Waals surface area contributed by atoms with Crippen LogP contribution in [0.2, 0.25) is 5.02 Å². The summed E-state index contributed by atoms with van der Waals surface area (Å²) in [6.07, 6.45) is 0. The number of anilines is 2. The lowest BCUT2D eigenvalue weighted by Gasteiger charge is -2.33.